The van der Waals surface area contributed by atoms with Crippen LogP contribution in [0.25, 0.3) is 33.4 Å². The first kappa shape index (κ1) is 22.3. The Morgan fingerprint density at radius 2 is 0.821 bits per heavy atom. The molecule has 0 fully saturated rings. The van der Waals surface area contributed by atoms with Crippen molar-refractivity contribution in [3.05, 3.63) is 179 Å². The molecule has 0 radical (unpaired) electrons. The number of fused-ring (bicyclic) bond motifs is 6. The highest BCUT2D eigenvalue weighted by Gasteiger charge is 2.42. The predicted molar refractivity (Wildman–Crippen MR) is 159 cm³/mol. The Balaban J connectivity index is 1.15. The summed E-state index contributed by atoms with van der Waals surface area (Å²) in [6, 6.07) is 51.3. The van der Waals surface area contributed by atoms with Crippen molar-refractivity contribution in [3.8, 4) is 33.4 Å². The first-order valence-corrected chi connectivity index (χ1v) is 13.5. The molecule has 39 heavy (non-hydrogen) atoms. The SMILES string of the molecule is OC1(c2ccc(-c3ccc(C4c5ccccc5-c5ccccc54)cc3)cc2)c2ccccc2-c2ccccc21. The number of rotatable bonds is 3. The fraction of sp³-hybridized carbons (Fsp3) is 0.0526. The number of benzene rings is 6. The van der Waals surface area contributed by atoms with Crippen LogP contribution in [0.1, 0.15) is 39.3 Å². The Labute approximate surface area is 228 Å². The molecule has 0 heterocycles. The van der Waals surface area contributed by atoms with Gasteiger partial charge in [-0.2, -0.15) is 0 Å². The molecule has 184 valence electrons. The zero-order chi connectivity index (χ0) is 26.0. The molecule has 6 aromatic carbocycles. The van der Waals surface area contributed by atoms with Crippen LogP contribution in [-0.4, -0.2) is 5.11 Å². The van der Waals surface area contributed by atoms with Gasteiger partial charge in [0.25, 0.3) is 0 Å². The minimum Gasteiger partial charge on any atom is -0.376 e. The number of hydrogen-bond donors (Lipinski definition) is 1. The predicted octanol–water partition coefficient (Wildman–Crippen LogP) is 8.78. The highest BCUT2D eigenvalue weighted by Crippen LogP contribution is 2.51. The monoisotopic (exact) mass is 498 g/mol. The molecule has 6 aromatic rings. The lowest BCUT2D eigenvalue weighted by Gasteiger charge is -2.26. The van der Waals surface area contributed by atoms with Crippen molar-refractivity contribution >= 4 is 0 Å². The van der Waals surface area contributed by atoms with E-state index < -0.39 is 5.60 Å². The molecule has 1 heteroatoms. The molecule has 1 nitrogen and oxygen atoms in total. The largest absolute Gasteiger partial charge is 0.376 e. The minimum atomic E-state index is -1.15. The summed E-state index contributed by atoms with van der Waals surface area (Å²) >= 11 is 0. The molecule has 0 saturated carbocycles. The maximum Gasteiger partial charge on any atom is 0.141 e. The van der Waals surface area contributed by atoms with Crippen molar-refractivity contribution in [2.45, 2.75) is 11.5 Å². The minimum absolute atomic E-state index is 0.255. The molecule has 0 spiro atoms. The van der Waals surface area contributed by atoms with E-state index in [0.29, 0.717) is 0 Å². The van der Waals surface area contributed by atoms with Gasteiger partial charge in [-0.05, 0) is 55.6 Å². The molecule has 0 aliphatic heterocycles. The van der Waals surface area contributed by atoms with E-state index in [4.69, 9.17) is 0 Å². The van der Waals surface area contributed by atoms with Gasteiger partial charge in [0.1, 0.15) is 5.60 Å². The zero-order valence-corrected chi connectivity index (χ0v) is 21.4. The maximum atomic E-state index is 12.1. The Morgan fingerprint density at radius 1 is 0.410 bits per heavy atom. The second kappa shape index (κ2) is 8.39. The van der Waals surface area contributed by atoms with Crippen LogP contribution in [0.5, 0.6) is 0 Å². The highest BCUT2D eigenvalue weighted by atomic mass is 16.3. The van der Waals surface area contributed by atoms with Crippen LogP contribution in [0.15, 0.2) is 146 Å². The highest BCUT2D eigenvalue weighted by molar-refractivity contribution is 5.83. The average Bonchev–Trinajstić information content (AvgIpc) is 3.48. The van der Waals surface area contributed by atoms with Crippen molar-refractivity contribution in [1.82, 2.24) is 0 Å². The molecule has 0 saturated heterocycles. The zero-order valence-electron chi connectivity index (χ0n) is 21.4. The molecular weight excluding hydrogens is 472 g/mol. The summed E-state index contributed by atoms with van der Waals surface area (Å²) in [5.41, 5.74) is 12.9. The second-order valence-electron chi connectivity index (χ2n) is 10.6. The Morgan fingerprint density at radius 3 is 1.33 bits per heavy atom. The molecular formula is C38H26O. The Kier molecular flexibility index (Phi) is 4.79. The summed E-state index contributed by atoms with van der Waals surface area (Å²) in [4.78, 5) is 0. The molecule has 0 aromatic heterocycles. The fourth-order valence-corrected chi connectivity index (χ4v) is 6.81. The van der Waals surface area contributed by atoms with Gasteiger partial charge in [0, 0.05) is 17.0 Å². The first-order chi connectivity index (χ1) is 19.2. The van der Waals surface area contributed by atoms with Gasteiger partial charge in [-0.15, -0.1) is 0 Å². The van der Waals surface area contributed by atoms with Crippen LogP contribution in [0.2, 0.25) is 0 Å². The topological polar surface area (TPSA) is 20.2 Å². The molecule has 0 atom stereocenters. The lowest BCUT2D eigenvalue weighted by atomic mass is 9.83. The van der Waals surface area contributed by atoms with E-state index >= 15 is 0 Å². The molecule has 0 amide bonds. The summed E-state index contributed by atoms with van der Waals surface area (Å²) in [7, 11) is 0. The summed E-state index contributed by atoms with van der Waals surface area (Å²) in [5, 5.41) is 12.1. The molecule has 8 rings (SSSR count). The summed E-state index contributed by atoms with van der Waals surface area (Å²) in [6.07, 6.45) is 0. The number of hydrogen-bond acceptors (Lipinski definition) is 1. The van der Waals surface area contributed by atoms with Crippen molar-refractivity contribution in [2.75, 3.05) is 0 Å². The van der Waals surface area contributed by atoms with Gasteiger partial charge >= 0.3 is 0 Å². The third-order valence-corrected chi connectivity index (χ3v) is 8.64. The van der Waals surface area contributed by atoms with E-state index in [1.807, 2.05) is 36.4 Å². The summed E-state index contributed by atoms with van der Waals surface area (Å²) in [6.45, 7) is 0. The molecule has 2 aliphatic rings. The van der Waals surface area contributed by atoms with Crippen molar-refractivity contribution in [1.29, 1.82) is 0 Å². The van der Waals surface area contributed by atoms with E-state index in [2.05, 4.69) is 109 Å². The number of aliphatic hydroxyl groups is 1. The van der Waals surface area contributed by atoms with E-state index in [-0.39, 0.29) is 5.92 Å². The van der Waals surface area contributed by atoms with E-state index in [1.54, 1.807) is 0 Å². The third-order valence-electron chi connectivity index (χ3n) is 8.64. The summed E-state index contributed by atoms with van der Waals surface area (Å²) < 4.78 is 0. The van der Waals surface area contributed by atoms with E-state index in [9.17, 15) is 5.11 Å². The van der Waals surface area contributed by atoms with Crippen LogP contribution in [-0.2, 0) is 5.60 Å². The Hall–Kier alpha value is -4.72. The van der Waals surface area contributed by atoms with Gasteiger partial charge in [-0.1, -0.05) is 146 Å². The Bertz CT molecular complexity index is 1770. The van der Waals surface area contributed by atoms with Crippen LogP contribution < -0.4 is 0 Å². The van der Waals surface area contributed by atoms with Crippen molar-refractivity contribution in [2.24, 2.45) is 0 Å². The molecule has 0 bridgehead atoms. The van der Waals surface area contributed by atoms with Crippen LogP contribution in [0, 0.1) is 0 Å². The van der Waals surface area contributed by atoms with Gasteiger partial charge in [-0.3, -0.25) is 0 Å². The standard InChI is InChI=1S/C38H26O/c39-38(35-15-7-5-11-31(35)32-12-6-8-16-36(32)38)28-23-21-26(22-24-28)25-17-19-27(20-18-25)37-33-13-3-1-9-29(33)30-10-2-4-14-34(30)37/h1-24,37,39H. The normalized spacial score (nSPS) is 14.4. The molecule has 1 N–H and O–H groups in total. The van der Waals surface area contributed by atoms with Crippen LogP contribution in [0.4, 0.5) is 0 Å². The lowest BCUT2D eigenvalue weighted by Crippen LogP contribution is -2.26. The van der Waals surface area contributed by atoms with Crippen molar-refractivity contribution in [3.63, 3.8) is 0 Å². The molecule has 2 aliphatic carbocycles. The fourth-order valence-electron chi connectivity index (χ4n) is 6.81. The van der Waals surface area contributed by atoms with Crippen molar-refractivity contribution < 1.29 is 5.11 Å². The van der Waals surface area contributed by atoms with E-state index in [0.717, 1.165) is 33.4 Å². The average molecular weight is 499 g/mol. The quantitative estimate of drug-likeness (QED) is 0.258. The lowest BCUT2D eigenvalue weighted by molar-refractivity contribution is 0.131. The van der Waals surface area contributed by atoms with Gasteiger partial charge < -0.3 is 5.11 Å². The first-order valence-electron chi connectivity index (χ1n) is 13.5. The summed E-state index contributed by atoms with van der Waals surface area (Å²) in [5.74, 6) is 0.255. The van der Waals surface area contributed by atoms with Gasteiger partial charge in [-0.25, -0.2) is 0 Å². The van der Waals surface area contributed by atoms with Gasteiger partial charge in [0.15, 0.2) is 0 Å². The maximum absolute atomic E-state index is 12.1. The van der Waals surface area contributed by atoms with Gasteiger partial charge in [0.05, 0.1) is 0 Å². The van der Waals surface area contributed by atoms with Gasteiger partial charge in [0.2, 0.25) is 0 Å². The smallest absolute Gasteiger partial charge is 0.141 e. The molecule has 0 unspecified atom stereocenters. The van der Waals surface area contributed by atoms with E-state index in [1.165, 1.54) is 33.4 Å². The van der Waals surface area contributed by atoms with Crippen LogP contribution in [0.3, 0.4) is 0 Å². The van der Waals surface area contributed by atoms with Crippen LogP contribution >= 0.6 is 0 Å². The second-order valence-corrected chi connectivity index (χ2v) is 10.6. The third kappa shape index (κ3) is 3.17.